The second kappa shape index (κ2) is 4.67. The molecular formula is C13H24N2O2. The Labute approximate surface area is 104 Å². The Morgan fingerprint density at radius 3 is 2.12 bits per heavy atom. The maximum atomic E-state index is 11.3. The summed E-state index contributed by atoms with van der Waals surface area (Å²) in [6.45, 7) is 9.50. The van der Waals surface area contributed by atoms with Gasteiger partial charge in [0.15, 0.2) is 0 Å². The van der Waals surface area contributed by atoms with Crippen molar-refractivity contribution in [1.82, 2.24) is 10.6 Å². The highest BCUT2D eigenvalue weighted by Gasteiger charge is 2.41. The van der Waals surface area contributed by atoms with Gasteiger partial charge in [0.25, 0.3) is 0 Å². The molecule has 4 heteroatoms. The lowest BCUT2D eigenvalue weighted by atomic mass is 9.66. The highest BCUT2D eigenvalue weighted by molar-refractivity contribution is 5.74. The van der Waals surface area contributed by atoms with Crippen molar-refractivity contribution >= 4 is 11.8 Å². The number of amides is 2. The summed E-state index contributed by atoms with van der Waals surface area (Å²) in [6, 6.07) is 0.146. The Balaban J connectivity index is 2.79. The first-order valence-corrected chi connectivity index (χ1v) is 6.18. The standard InChI is InChI=1S/C13H24N2O2/c1-9(16)14-11-6-12(3,4)8-13(5,7-11)15-10(2)17/h11H,6-8H2,1-5H3,(H,14,16)(H,15,17). The molecule has 2 unspecified atom stereocenters. The first-order valence-electron chi connectivity index (χ1n) is 6.18. The van der Waals surface area contributed by atoms with E-state index in [1.807, 2.05) is 0 Å². The van der Waals surface area contributed by atoms with Crippen molar-refractivity contribution in [2.24, 2.45) is 5.41 Å². The molecule has 0 aromatic carbocycles. The fourth-order valence-electron chi connectivity index (χ4n) is 3.39. The maximum absolute atomic E-state index is 11.3. The van der Waals surface area contributed by atoms with Gasteiger partial charge < -0.3 is 10.6 Å². The molecule has 1 aliphatic rings. The zero-order valence-electron chi connectivity index (χ0n) is 11.5. The Morgan fingerprint density at radius 1 is 1.06 bits per heavy atom. The molecule has 0 aromatic heterocycles. The highest BCUT2D eigenvalue weighted by atomic mass is 16.2. The van der Waals surface area contributed by atoms with Crippen LogP contribution >= 0.6 is 0 Å². The second-order valence-corrected chi connectivity index (χ2v) is 6.39. The first kappa shape index (κ1) is 14.0. The van der Waals surface area contributed by atoms with Crippen molar-refractivity contribution < 1.29 is 9.59 Å². The summed E-state index contributed by atoms with van der Waals surface area (Å²) in [7, 11) is 0. The molecule has 98 valence electrons. The summed E-state index contributed by atoms with van der Waals surface area (Å²) in [4.78, 5) is 22.4. The summed E-state index contributed by atoms with van der Waals surface area (Å²) >= 11 is 0. The van der Waals surface area contributed by atoms with Crippen LogP contribution in [0, 0.1) is 5.41 Å². The minimum absolute atomic E-state index is 0.00197. The summed E-state index contributed by atoms with van der Waals surface area (Å²) in [5, 5.41) is 6.00. The smallest absolute Gasteiger partial charge is 0.217 e. The van der Waals surface area contributed by atoms with Gasteiger partial charge in [-0.2, -0.15) is 0 Å². The van der Waals surface area contributed by atoms with Gasteiger partial charge in [-0.3, -0.25) is 9.59 Å². The summed E-state index contributed by atoms with van der Waals surface area (Å²) in [5.41, 5.74) is -0.0940. The summed E-state index contributed by atoms with van der Waals surface area (Å²) in [6.07, 6.45) is 2.70. The number of hydrogen-bond acceptors (Lipinski definition) is 2. The Bertz CT molecular complexity index is 325. The molecular weight excluding hydrogens is 216 g/mol. The van der Waals surface area contributed by atoms with Crippen molar-refractivity contribution in [3.63, 3.8) is 0 Å². The van der Waals surface area contributed by atoms with Crippen LogP contribution in [0.25, 0.3) is 0 Å². The topological polar surface area (TPSA) is 58.2 Å². The molecule has 17 heavy (non-hydrogen) atoms. The zero-order valence-corrected chi connectivity index (χ0v) is 11.5. The minimum atomic E-state index is -0.222. The molecule has 1 aliphatic carbocycles. The number of rotatable bonds is 2. The van der Waals surface area contributed by atoms with Gasteiger partial charge in [0.1, 0.15) is 0 Å². The molecule has 0 aromatic rings. The first-order chi connectivity index (χ1) is 7.62. The average Bonchev–Trinajstić information content (AvgIpc) is 1.93. The van der Waals surface area contributed by atoms with Crippen molar-refractivity contribution in [2.75, 3.05) is 0 Å². The third-order valence-electron chi connectivity index (χ3n) is 3.25. The van der Waals surface area contributed by atoms with Crippen molar-refractivity contribution in [3.8, 4) is 0 Å². The van der Waals surface area contributed by atoms with Crippen LogP contribution in [-0.2, 0) is 9.59 Å². The van der Waals surface area contributed by atoms with E-state index in [4.69, 9.17) is 0 Å². The highest BCUT2D eigenvalue weighted by Crippen LogP contribution is 2.40. The van der Waals surface area contributed by atoms with Gasteiger partial charge in [-0.15, -0.1) is 0 Å². The van der Waals surface area contributed by atoms with E-state index in [1.54, 1.807) is 6.92 Å². The lowest BCUT2D eigenvalue weighted by Crippen LogP contribution is -2.56. The molecule has 0 aliphatic heterocycles. The van der Waals surface area contributed by atoms with E-state index in [0.29, 0.717) is 0 Å². The molecule has 1 rings (SSSR count). The van der Waals surface area contributed by atoms with E-state index in [9.17, 15) is 9.59 Å². The quantitative estimate of drug-likeness (QED) is 0.770. The number of carbonyl (C=O) groups is 2. The Kier molecular flexibility index (Phi) is 3.84. The van der Waals surface area contributed by atoms with E-state index < -0.39 is 0 Å². The molecule has 0 saturated heterocycles. The van der Waals surface area contributed by atoms with Crippen LogP contribution in [0.2, 0.25) is 0 Å². The third kappa shape index (κ3) is 4.36. The fourth-order valence-corrected chi connectivity index (χ4v) is 3.39. The van der Waals surface area contributed by atoms with Crippen molar-refractivity contribution in [2.45, 2.75) is 65.5 Å². The second-order valence-electron chi connectivity index (χ2n) is 6.39. The van der Waals surface area contributed by atoms with Gasteiger partial charge in [-0.05, 0) is 31.6 Å². The lowest BCUT2D eigenvalue weighted by Gasteiger charge is -2.47. The number of hydrogen-bond donors (Lipinski definition) is 2. The summed E-state index contributed by atoms with van der Waals surface area (Å²) < 4.78 is 0. The average molecular weight is 240 g/mol. The van der Waals surface area contributed by atoms with Crippen LogP contribution in [0.1, 0.15) is 53.9 Å². The molecule has 2 amide bonds. The van der Waals surface area contributed by atoms with Crippen LogP contribution in [0.4, 0.5) is 0 Å². The fraction of sp³-hybridized carbons (Fsp3) is 0.846. The van der Waals surface area contributed by atoms with Crippen LogP contribution in [0.3, 0.4) is 0 Å². The monoisotopic (exact) mass is 240 g/mol. The lowest BCUT2D eigenvalue weighted by molar-refractivity contribution is -0.122. The van der Waals surface area contributed by atoms with E-state index in [1.165, 1.54) is 6.92 Å². The molecule has 4 nitrogen and oxygen atoms in total. The molecule has 0 heterocycles. The minimum Gasteiger partial charge on any atom is -0.354 e. The van der Waals surface area contributed by atoms with E-state index >= 15 is 0 Å². The molecule has 2 atom stereocenters. The van der Waals surface area contributed by atoms with E-state index in [2.05, 4.69) is 31.4 Å². The van der Waals surface area contributed by atoms with Crippen molar-refractivity contribution in [1.29, 1.82) is 0 Å². The van der Waals surface area contributed by atoms with Crippen molar-refractivity contribution in [3.05, 3.63) is 0 Å². The molecule has 0 bridgehead atoms. The molecule has 1 saturated carbocycles. The van der Waals surface area contributed by atoms with Crippen LogP contribution in [-0.4, -0.2) is 23.4 Å². The van der Waals surface area contributed by atoms with Gasteiger partial charge in [-0.1, -0.05) is 13.8 Å². The van der Waals surface area contributed by atoms with Gasteiger partial charge >= 0.3 is 0 Å². The predicted molar refractivity (Wildman–Crippen MR) is 67.5 cm³/mol. The van der Waals surface area contributed by atoms with Gasteiger partial charge in [-0.25, -0.2) is 0 Å². The van der Waals surface area contributed by atoms with E-state index in [0.717, 1.165) is 19.3 Å². The maximum Gasteiger partial charge on any atom is 0.217 e. The van der Waals surface area contributed by atoms with Crippen LogP contribution < -0.4 is 10.6 Å². The van der Waals surface area contributed by atoms with Gasteiger partial charge in [0, 0.05) is 25.4 Å². The largest absolute Gasteiger partial charge is 0.354 e. The third-order valence-corrected chi connectivity index (χ3v) is 3.25. The molecule has 0 radical (unpaired) electrons. The number of carbonyl (C=O) groups excluding carboxylic acids is 2. The van der Waals surface area contributed by atoms with Gasteiger partial charge in [0.05, 0.1) is 0 Å². The van der Waals surface area contributed by atoms with Crippen LogP contribution in [0.15, 0.2) is 0 Å². The Morgan fingerprint density at radius 2 is 1.65 bits per heavy atom. The Hall–Kier alpha value is -1.06. The molecule has 2 N–H and O–H groups in total. The SMILES string of the molecule is CC(=O)NC1CC(C)(C)CC(C)(NC(C)=O)C1. The van der Waals surface area contributed by atoms with Gasteiger partial charge in [0.2, 0.25) is 11.8 Å². The summed E-state index contributed by atoms with van der Waals surface area (Å²) in [5.74, 6) is -0.00958. The molecule has 0 spiro atoms. The number of nitrogens with one attached hydrogen (secondary N) is 2. The van der Waals surface area contributed by atoms with E-state index in [-0.39, 0.29) is 28.8 Å². The zero-order chi connectivity index (χ0) is 13.3. The molecule has 1 fully saturated rings. The normalized spacial score (nSPS) is 31.7. The van der Waals surface area contributed by atoms with Crippen LogP contribution in [0.5, 0.6) is 0 Å². The predicted octanol–water partition coefficient (Wildman–Crippen LogP) is 1.60.